The summed E-state index contributed by atoms with van der Waals surface area (Å²) in [5.74, 6) is -0.861. The van der Waals surface area contributed by atoms with Gasteiger partial charge in [-0.25, -0.2) is 0 Å². The number of hydrogen-bond acceptors (Lipinski definition) is 4. The van der Waals surface area contributed by atoms with Crippen LogP contribution in [0.25, 0.3) is 0 Å². The predicted octanol–water partition coefficient (Wildman–Crippen LogP) is 2.10. The molecule has 0 aliphatic heterocycles. The van der Waals surface area contributed by atoms with E-state index in [-0.39, 0.29) is 25.5 Å². The molecule has 6 heteroatoms. The van der Waals surface area contributed by atoms with E-state index in [9.17, 15) is 10.2 Å². The van der Waals surface area contributed by atoms with E-state index in [0.717, 1.165) is 0 Å². The highest BCUT2D eigenvalue weighted by molar-refractivity contribution is 14.1. The van der Waals surface area contributed by atoms with E-state index in [4.69, 9.17) is 22.1 Å². The highest BCUT2D eigenvalue weighted by atomic mass is 127. The van der Waals surface area contributed by atoms with Gasteiger partial charge >= 0.3 is 0 Å². The average Bonchev–Trinajstić information content (AvgIpc) is 2.20. The minimum atomic E-state index is -0.479. The third-order valence-corrected chi connectivity index (χ3v) is 3.29. The lowest BCUT2D eigenvalue weighted by Gasteiger charge is -2.06. The Hall–Kier alpha value is -1.18. The van der Waals surface area contributed by atoms with Crippen molar-refractivity contribution in [3.63, 3.8) is 0 Å². The fourth-order valence-corrected chi connectivity index (χ4v) is 1.59. The third-order valence-electron chi connectivity index (χ3n) is 1.56. The second-order valence-electron chi connectivity index (χ2n) is 2.30. The van der Waals surface area contributed by atoms with Crippen molar-refractivity contribution in [2.24, 2.45) is 0 Å². The van der Waals surface area contributed by atoms with Gasteiger partial charge in [-0.2, -0.15) is 10.5 Å². The van der Waals surface area contributed by atoms with Crippen molar-refractivity contribution < 1.29 is 10.2 Å². The van der Waals surface area contributed by atoms with Crippen LogP contribution in [-0.2, 0) is 0 Å². The molecule has 70 valence electrons. The van der Waals surface area contributed by atoms with Crippen LogP contribution in [0.4, 0.5) is 0 Å². The summed E-state index contributed by atoms with van der Waals surface area (Å²) in [5.41, 5.74) is -0.575. The minimum Gasteiger partial charge on any atom is -0.505 e. The number of rotatable bonds is 0. The van der Waals surface area contributed by atoms with Crippen molar-refractivity contribution in [1.29, 1.82) is 10.5 Å². The second-order valence-corrected chi connectivity index (χ2v) is 3.76. The van der Waals surface area contributed by atoms with Gasteiger partial charge in [0.1, 0.15) is 34.0 Å². The van der Waals surface area contributed by atoms with Crippen molar-refractivity contribution in [1.82, 2.24) is 0 Å². The zero-order valence-electron chi connectivity index (χ0n) is 6.54. The molecular formula is C8H2ClIN2O2. The lowest BCUT2D eigenvalue weighted by Crippen LogP contribution is -1.90. The summed E-state index contributed by atoms with van der Waals surface area (Å²) in [6.45, 7) is 0. The Morgan fingerprint density at radius 3 is 1.93 bits per heavy atom. The van der Waals surface area contributed by atoms with E-state index in [1.165, 1.54) is 0 Å². The molecular weight excluding hydrogens is 318 g/mol. The van der Waals surface area contributed by atoms with Crippen LogP contribution in [0.2, 0.25) is 5.02 Å². The molecule has 0 saturated heterocycles. The van der Waals surface area contributed by atoms with Crippen LogP contribution in [0, 0.1) is 26.2 Å². The summed E-state index contributed by atoms with van der Waals surface area (Å²) in [6, 6.07) is 3.23. The Morgan fingerprint density at radius 2 is 1.50 bits per heavy atom. The second kappa shape index (κ2) is 3.91. The number of benzene rings is 1. The number of aromatic hydroxyl groups is 2. The number of hydrogen-bond donors (Lipinski definition) is 2. The molecule has 0 aromatic heterocycles. The Balaban J connectivity index is 3.79. The molecule has 0 radical (unpaired) electrons. The van der Waals surface area contributed by atoms with Crippen LogP contribution < -0.4 is 0 Å². The van der Waals surface area contributed by atoms with Crippen molar-refractivity contribution in [3.8, 4) is 23.6 Å². The van der Waals surface area contributed by atoms with Crippen molar-refractivity contribution in [3.05, 3.63) is 19.7 Å². The number of phenolic OH excluding ortho intramolecular Hbond substituents is 2. The molecule has 2 N–H and O–H groups in total. The smallest absolute Gasteiger partial charge is 0.154 e. The van der Waals surface area contributed by atoms with Gasteiger partial charge in [-0.1, -0.05) is 11.6 Å². The fraction of sp³-hybridized carbons (Fsp3) is 0. The highest BCUT2D eigenvalue weighted by Crippen LogP contribution is 2.40. The van der Waals surface area contributed by atoms with E-state index < -0.39 is 5.75 Å². The summed E-state index contributed by atoms with van der Waals surface area (Å²) >= 11 is 7.29. The summed E-state index contributed by atoms with van der Waals surface area (Å²) in [4.78, 5) is 0. The number of phenols is 2. The molecule has 1 aromatic rings. The first-order valence-corrected chi connectivity index (χ1v) is 4.73. The molecule has 4 nitrogen and oxygen atoms in total. The Labute approximate surface area is 98.1 Å². The number of halogens is 2. The Morgan fingerprint density at radius 1 is 1.07 bits per heavy atom. The van der Waals surface area contributed by atoms with Crippen LogP contribution in [0.15, 0.2) is 0 Å². The Kier molecular flexibility index (Phi) is 3.04. The molecule has 1 rings (SSSR count). The summed E-state index contributed by atoms with van der Waals surface area (Å²) in [6.07, 6.45) is 0. The van der Waals surface area contributed by atoms with Gasteiger partial charge in [0.15, 0.2) is 5.75 Å². The molecule has 0 heterocycles. The lowest BCUT2D eigenvalue weighted by molar-refractivity contribution is 0.454. The first-order valence-electron chi connectivity index (χ1n) is 3.27. The topological polar surface area (TPSA) is 88.0 Å². The number of nitriles is 2. The van der Waals surface area contributed by atoms with E-state index >= 15 is 0 Å². The van der Waals surface area contributed by atoms with Crippen LogP contribution in [0.1, 0.15) is 11.1 Å². The fourth-order valence-electron chi connectivity index (χ4n) is 0.882. The van der Waals surface area contributed by atoms with Gasteiger partial charge < -0.3 is 10.2 Å². The Bertz CT molecular complexity index is 443. The molecule has 0 amide bonds. The third kappa shape index (κ3) is 1.45. The van der Waals surface area contributed by atoms with Gasteiger partial charge in [0.2, 0.25) is 0 Å². The van der Waals surface area contributed by atoms with Gasteiger partial charge in [-0.15, -0.1) is 0 Å². The average molecular weight is 320 g/mol. The van der Waals surface area contributed by atoms with Gasteiger partial charge in [0.05, 0.1) is 3.57 Å². The molecule has 1 aromatic carbocycles. The van der Waals surface area contributed by atoms with Gasteiger partial charge in [0.25, 0.3) is 0 Å². The van der Waals surface area contributed by atoms with Gasteiger partial charge in [-0.3, -0.25) is 0 Å². The monoisotopic (exact) mass is 320 g/mol. The van der Waals surface area contributed by atoms with E-state index in [1.54, 1.807) is 34.7 Å². The normalized spacial score (nSPS) is 9.14. The van der Waals surface area contributed by atoms with Gasteiger partial charge in [0, 0.05) is 0 Å². The maximum atomic E-state index is 9.44. The maximum absolute atomic E-state index is 9.44. The predicted molar refractivity (Wildman–Crippen MR) is 56.9 cm³/mol. The minimum absolute atomic E-state index is 0.126. The first-order chi connectivity index (χ1) is 6.54. The first kappa shape index (κ1) is 10.9. The van der Waals surface area contributed by atoms with Crippen LogP contribution >= 0.6 is 34.2 Å². The molecule has 0 spiro atoms. The maximum Gasteiger partial charge on any atom is 0.154 e. The number of nitrogens with zero attached hydrogens (tertiary/aromatic N) is 2. The zero-order chi connectivity index (χ0) is 10.9. The van der Waals surface area contributed by atoms with Crippen molar-refractivity contribution in [2.75, 3.05) is 0 Å². The van der Waals surface area contributed by atoms with Gasteiger partial charge in [-0.05, 0) is 22.6 Å². The lowest BCUT2D eigenvalue weighted by atomic mass is 10.1. The van der Waals surface area contributed by atoms with E-state index in [1.807, 2.05) is 0 Å². The van der Waals surface area contributed by atoms with Crippen LogP contribution in [0.3, 0.4) is 0 Å². The quantitative estimate of drug-likeness (QED) is 0.566. The molecule has 0 saturated carbocycles. The highest BCUT2D eigenvalue weighted by Gasteiger charge is 2.20. The van der Waals surface area contributed by atoms with Crippen LogP contribution in [0.5, 0.6) is 11.5 Å². The summed E-state index contributed by atoms with van der Waals surface area (Å²) in [7, 11) is 0. The van der Waals surface area contributed by atoms with E-state index in [2.05, 4.69) is 0 Å². The van der Waals surface area contributed by atoms with Crippen molar-refractivity contribution >= 4 is 34.2 Å². The summed E-state index contributed by atoms with van der Waals surface area (Å²) in [5, 5.41) is 36.0. The molecule has 14 heavy (non-hydrogen) atoms. The summed E-state index contributed by atoms with van der Waals surface area (Å²) < 4.78 is 0.150. The molecule has 0 aliphatic carbocycles. The molecule has 0 unspecified atom stereocenters. The zero-order valence-corrected chi connectivity index (χ0v) is 9.46. The standard InChI is InChI=1S/C8H2ClIN2O2/c9-5-6(10)8(14)4(2-12)3(1-11)7(5)13/h13-14H. The van der Waals surface area contributed by atoms with Crippen molar-refractivity contribution in [2.45, 2.75) is 0 Å². The largest absolute Gasteiger partial charge is 0.505 e. The van der Waals surface area contributed by atoms with E-state index in [0.29, 0.717) is 0 Å². The molecule has 0 atom stereocenters. The molecule has 0 fully saturated rings. The SMILES string of the molecule is N#Cc1c(O)c(Cl)c(I)c(O)c1C#N. The van der Waals surface area contributed by atoms with Crippen LogP contribution in [-0.4, -0.2) is 10.2 Å². The molecule has 0 aliphatic rings. The molecule has 0 bridgehead atoms.